The number of nitriles is 1. The second kappa shape index (κ2) is 7.77. The minimum atomic E-state index is 0.0906. The van der Waals surface area contributed by atoms with Gasteiger partial charge in [0.15, 0.2) is 0 Å². The fourth-order valence-corrected chi connectivity index (χ4v) is 2.77. The summed E-state index contributed by atoms with van der Waals surface area (Å²) in [5.74, 6) is 0.138. The lowest BCUT2D eigenvalue weighted by molar-refractivity contribution is -0.144. The number of ether oxygens (including phenoxy) is 1. The van der Waals surface area contributed by atoms with E-state index in [-0.39, 0.29) is 23.5 Å². The Labute approximate surface area is 128 Å². The molecule has 0 N–H and O–H groups in total. The Morgan fingerprint density at radius 3 is 2.38 bits per heavy atom. The third-order valence-corrected chi connectivity index (χ3v) is 3.37. The standard InChI is InChI=1S/C16H29N3O2/c1-13-9-19(10-14(2)21-13)15(20)11-18(8-6-7-17)12-16(3,4)5/h13-14H,6,8-12H2,1-5H3. The van der Waals surface area contributed by atoms with Gasteiger partial charge in [-0.05, 0) is 19.3 Å². The third-order valence-electron chi connectivity index (χ3n) is 3.37. The molecule has 1 aliphatic heterocycles. The van der Waals surface area contributed by atoms with Crippen LogP contribution in [-0.4, -0.2) is 60.6 Å². The van der Waals surface area contributed by atoms with Crippen molar-refractivity contribution in [2.45, 2.75) is 53.2 Å². The van der Waals surface area contributed by atoms with Gasteiger partial charge in [-0.2, -0.15) is 5.26 Å². The molecule has 1 heterocycles. The maximum atomic E-state index is 12.5. The third kappa shape index (κ3) is 6.92. The summed E-state index contributed by atoms with van der Waals surface area (Å²) in [5, 5.41) is 8.78. The molecule has 0 aromatic carbocycles. The number of morpholine rings is 1. The van der Waals surface area contributed by atoms with Crippen molar-refractivity contribution in [1.82, 2.24) is 9.80 Å². The molecule has 0 aromatic heterocycles. The van der Waals surface area contributed by atoms with Gasteiger partial charge in [-0.1, -0.05) is 20.8 Å². The number of hydrogen-bond donors (Lipinski definition) is 0. The van der Waals surface area contributed by atoms with Crippen LogP contribution in [0.4, 0.5) is 0 Å². The summed E-state index contributed by atoms with van der Waals surface area (Å²) < 4.78 is 5.67. The fraction of sp³-hybridized carbons (Fsp3) is 0.875. The monoisotopic (exact) mass is 295 g/mol. The van der Waals surface area contributed by atoms with Crippen LogP contribution in [0.2, 0.25) is 0 Å². The van der Waals surface area contributed by atoms with E-state index in [2.05, 4.69) is 31.7 Å². The Hall–Kier alpha value is -1.12. The molecule has 1 fully saturated rings. The van der Waals surface area contributed by atoms with Crippen LogP contribution in [0.15, 0.2) is 0 Å². The van der Waals surface area contributed by atoms with Crippen LogP contribution in [0.5, 0.6) is 0 Å². The molecule has 0 aromatic rings. The molecule has 0 saturated carbocycles. The van der Waals surface area contributed by atoms with Crippen LogP contribution < -0.4 is 0 Å². The van der Waals surface area contributed by atoms with E-state index in [1.54, 1.807) is 0 Å². The lowest BCUT2D eigenvalue weighted by atomic mass is 9.96. The Balaban J connectivity index is 2.60. The second-order valence-electron chi connectivity index (χ2n) is 7.24. The number of amides is 1. The van der Waals surface area contributed by atoms with Gasteiger partial charge >= 0.3 is 0 Å². The van der Waals surface area contributed by atoms with Gasteiger partial charge in [-0.25, -0.2) is 0 Å². The summed E-state index contributed by atoms with van der Waals surface area (Å²) in [5.41, 5.74) is 0.112. The normalized spacial score (nSPS) is 23.2. The quantitative estimate of drug-likeness (QED) is 0.777. The van der Waals surface area contributed by atoms with Crippen molar-refractivity contribution in [3.05, 3.63) is 0 Å². The summed E-state index contributed by atoms with van der Waals surface area (Å²) in [4.78, 5) is 16.5. The van der Waals surface area contributed by atoms with Gasteiger partial charge in [0, 0.05) is 32.6 Å². The Bertz CT molecular complexity index is 374. The minimum absolute atomic E-state index is 0.0906. The number of nitrogens with zero attached hydrogens (tertiary/aromatic N) is 3. The van der Waals surface area contributed by atoms with E-state index in [9.17, 15) is 4.79 Å². The van der Waals surface area contributed by atoms with Crippen molar-refractivity contribution in [1.29, 1.82) is 5.26 Å². The smallest absolute Gasteiger partial charge is 0.236 e. The van der Waals surface area contributed by atoms with E-state index >= 15 is 0 Å². The van der Waals surface area contributed by atoms with Gasteiger partial charge in [-0.3, -0.25) is 9.69 Å². The molecular formula is C16H29N3O2. The molecule has 21 heavy (non-hydrogen) atoms. The number of carbonyl (C=O) groups is 1. The van der Waals surface area contributed by atoms with E-state index in [1.807, 2.05) is 18.7 Å². The largest absolute Gasteiger partial charge is 0.372 e. The molecule has 1 aliphatic rings. The molecule has 0 spiro atoms. The molecule has 0 aliphatic carbocycles. The van der Waals surface area contributed by atoms with Crippen LogP contribution in [0.25, 0.3) is 0 Å². The minimum Gasteiger partial charge on any atom is -0.372 e. The van der Waals surface area contributed by atoms with Crippen LogP contribution in [0.1, 0.15) is 41.0 Å². The molecule has 5 heteroatoms. The van der Waals surface area contributed by atoms with Gasteiger partial charge in [0.1, 0.15) is 0 Å². The van der Waals surface area contributed by atoms with Crippen LogP contribution in [-0.2, 0) is 9.53 Å². The zero-order valence-corrected chi connectivity index (χ0v) is 14.1. The highest BCUT2D eigenvalue weighted by atomic mass is 16.5. The molecule has 5 nitrogen and oxygen atoms in total. The van der Waals surface area contributed by atoms with Crippen molar-refractivity contribution in [3.63, 3.8) is 0 Å². The van der Waals surface area contributed by atoms with E-state index in [4.69, 9.17) is 10.00 Å². The fourth-order valence-electron chi connectivity index (χ4n) is 2.77. The molecular weight excluding hydrogens is 266 g/mol. The topological polar surface area (TPSA) is 56.6 Å². The SMILES string of the molecule is CC1CN(C(=O)CN(CCC#N)CC(C)(C)C)CC(C)O1. The second-order valence-corrected chi connectivity index (χ2v) is 7.24. The predicted molar refractivity (Wildman–Crippen MR) is 82.7 cm³/mol. The summed E-state index contributed by atoms with van der Waals surface area (Å²) in [7, 11) is 0. The highest BCUT2D eigenvalue weighted by Crippen LogP contribution is 2.16. The first-order chi connectivity index (χ1) is 9.71. The summed E-state index contributed by atoms with van der Waals surface area (Å²) in [6, 6.07) is 2.16. The summed E-state index contributed by atoms with van der Waals surface area (Å²) >= 11 is 0. The molecule has 1 saturated heterocycles. The van der Waals surface area contributed by atoms with Crippen molar-refractivity contribution < 1.29 is 9.53 Å². The van der Waals surface area contributed by atoms with Crippen molar-refractivity contribution >= 4 is 5.91 Å². The lowest BCUT2D eigenvalue weighted by Gasteiger charge is -2.37. The van der Waals surface area contributed by atoms with Crippen molar-refractivity contribution in [2.75, 3.05) is 32.7 Å². The first-order valence-corrected chi connectivity index (χ1v) is 7.74. The van der Waals surface area contributed by atoms with Gasteiger partial charge in [-0.15, -0.1) is 0 Å². The van der Waals surface area contributed by atoms with Gasteiger partial charge in [0.2, 0.25) is 5.91 Å². The molecule has 1 amide bonds. The number of hydrogen-bond acceptors (Lipinski definition) is 4. The average molecular weight is 295 g/mol. The van der Waals surface area contributed by atoms with E-state index in [0.717, 1.165) is 6.54 Å². The van der Waals surface area contributed by atoms with Crippen molar-refractivity contribution in [2.24, 2.45) is 5.41 Å². The maximum absolute atomic E-state index is 12.5. The summed E-state index contributed by atoms with van der Waals surface area (Å²) in [6.07, 6.45) is 0.639. The molecule has 0 bridgehead atoms. The van der Waals surface area contributed by atoms with Gasteiger partial charge in [0.25, 0.3) is 0 Å². The van der Waals surface area contributed by atoms with Crippen LogP contribution >= 0.6 is 0 Å². The van der Waals surface area contributed by atoms with E-state index < -0.39 is 0 Å². The molecule has 2 unspecified atom stereocenters. The van der Waals surface area contributed by atoms with Gasteiger partial charge in [0.05, 0.1) is 24.8 Å². The zero-order valence-electron chi connectivity index (χ0n) is 14.1. The van der Waals surface area contributed by atoms with E-state index in [0.29, 0.717) is 32.6 Å². The average Bonchev–Trinajstić information content (AvgIpc) is 2.32. The van der Waals surface area contributed by atoms with Gasteiger partial charge < -0.3 is 9.64 Å². The highest BCUT2D eigenvalue weighted by molar-refractivity contribution is 5.78. The van der Waals surface area contributed by atoms with Crippen molar-refractivity contribution in [3.8, 4) is 6.07 Å². The Morgan fingerprint density at radius 1 is 1.33 bits per heavy atom. The maximum Gasteiger partial charge on any atom is 0.236 e. The first-order valence-electron chi connectivity index (χ1n) is 7.74. The Kier molecular flexibility index (Phi) is 6.63. The van der Waals surface area contributed by atoms with Crippen LogP contribution in [0, 0.1) is 16.7 Å². The molecule has 1 rings (SSSR count). The van der Waals surface area contributed by atoms with E-state index in [1.165, 1.54) is 0 Å². The first kappa shape index (κ1) is 17.9. The molecule has 2 atom stereocenters. The number of carbonyl (C=O) groups excluding carboxylic acids is 1. The van der Waals surface area contributed by atoms with Crippen LogP contribution in [0.3, 0.4) is 0 Å². The predicted octanol–water partition coefficient (Wildman–Crippen LogP) is 1.88. The zero-order chi connectivity index (χ0) is 16.0. The molecule has 0 radical (unpaired) electrons. The lowest BCUT2D eigenvalue weighted by Crippen LogP contribution is -2.51. The number of rotatable bonds is 5. The Morgan fingerprint density at radius 2 is 1.90 bits per heavy atom. The highest BCUT2D eigenvalue weighted by Gasteiger charge is 2.27. The summed E-state index contributed by atoms with van der Waals surface area (Å²) in [6.45, 7) is 13.6. The molecule has 120 valence electrons.